The highest BCUT2D eigenvalue weighted by molar-refractivity contribution is 5.96. The molecule has 2 aromatic rings. The topological polar surface area (TPSA) is 38.3 Å². The minimum Gasteiger partial charge on any atom is -0.496 e. The van der Waals surface area contributed by atoms with Crippen molar-refractivity contribution in [2.75, 3.05) is 7.11 Å². The Bertz CT molecular complexity index is 750. The third-order valence-electron chi connectivity index (χ3n) is 4.62. The van der Waals surface area contributed by atoms with Crippen molar-refractivity contribution in [3.8, 4) is 5.75 Å². The van der Waals surface area contributed by atoms with Crippen LogP contribution in [0.15, 0.2) is 30.3 Å². The van der Waals surface area contributed by atoms with Crippen LogP contribution in [0, 0.1) is 27.7 Å². The van der Waals surface area contributed by atoms with E-state index in [0.29, 0.717) is 0 Å². The summed E-state index contributed by atoms with van der Waals surface area (Å²) in [5, 5.41) is 3.17. The van der Waals surface area contributed by atoms with E-state index in [1.165, 1.54) is 5.56 Å². The van der Waals surface area contributed by atoms with Crippen LogP contribution in [0.2, 0.25) is 0 Å². The zero-order valence-corrected chi connectivity index (χ0v) is 15.5. The zero-order valence-electron chi connectivity index (χ0n) is 15.5. The molecule has 0 spiro atoms. The van der Waals surface area contributed by atoms with Gasteiger partial charge in [0.05, 0.1) is 13.2 Å². The fourth-order valence-electron chi connectivity index (χ4n) is 2.98. The van der Waals surface area contributed by atoms with Gasteiger partial charge in [-0.15, -0.1) is 0 Å². The second-order valence-corrected chi connectivity index (χ2v) is 6.41. The van der Waals surface area contributed by atoms with Gasteiger partial charge < -0.3 is 10.1 Å². The van der Waals surface area contributed by atoms with Crippen LogP contribution in [0.4, 0.5) is 0 Å². The second kappa shape index (κ2) is 7.52. The first-order valence-electron chi connectivity index (χ1n) is 8.40. The van der Waals surface area contributed by atoms with E-state index >= 15 is 0 Å². The number of methoxy groups -OCH3 is 1. The molecule has 2 aromatic carbocycles. The highest BCUT2D eigenvalue weighted by Crippen LogP contribution is 2.25. The fraction of sp³-hybridized carbons (Fsp3) is 0.381. The van der Waals surface area contributed by atoms with Crippen LogP contribution in [-0.2, 0) is 0 Å². The van der Waals surface area contributed by atoms with Gasteiger partial charge in [0.15, 0.2) is 0 Å². The molecule has 0 aliphatic carbocycles. The predicted octanol–water partition coefficient (Wildman–Crippen LogP) is 4.81. The number of ether oxygens (including phenoxy) is 1. The van der Waals surface area contributed by atoms with Crippen molar-refractivity contribution in [3.63, 3.8) is 0 Å². The quantitative estimate of drug-likeness (QED) is 0.856. The minimum atomic E-state index is -0.0177. The van der Waals surface area contributed by atoms with Crippen LogP contribution in [-0.4, -0.2) is 13.0 Å². The van der Waals surface area contributed by atoms with E-state index in [1.807, 2.05) is 39.0 Å². The van der Waals surface area contributed by atoms with Crippen LogP contribution in [0.3, 0.4) is 0 Å². The lowest BCUT2D eigenvalue weighted by atomic mass is 9.98. The maximum Gasteiger partial charge on any atom is 0.252 e. The van der Waals surface area contributed by atoms with Crippen molar-refractivity contribution < 1.29 is 9.53 Å². The molecule has 0 aliphatic rings. The lowest BCUT2D eigenvalue weighted by Gasteiger charge is -2.20. The van der Waals surface area contributed by atoms with Gasteiger partial charge in [-0.2, -0.15) is 0 Å². The number of hydrogen-bond donors (Lipinski definition) is 1. The summed E-state index contributed by atoms with van der Waals surface area (Å²) in [6, 6.07) is 10.1. The maximum absolute atomic E-state index is 12.7. The fourth-order valence-corrected chi connectivity index (χ4v) is 2.98. The molecule has 3 nitrogen and oxygen atoms in total. The molecular weight excluding hydrogens is 298 g/mol. The summed E-state index contributed by atoms with van der Waals surface area (Å²) in [5.41, 5.74) is 6.29. The Morgan fingerprint density at radius 1 is 1.00 bits per heavy atom. The van der Waals surface area contributed by atoms with Crippen LogP contribution in [0.5, 0.6) is 5.75 Å². The third-order valence-corrected chi connectivity index (χ3v) is 4.62. The first kappa shape index (κ1) is 18.1. The van der Waals surface area contributed by atoms with E-state index in [4.69, 9.17) is 4.74 Å². The molecule has 1 amide bonds. The number of benzene rings is 2. The molecule has 0 radical (unpaired) electrons. The van der Waals surface area contributed by atoms with Gasteiger partial charge >= 0.3 is 0 Å². The molecule has 0 bridgehead atoms. The molecule has 0 aromatic heterocycles. The number of amides is 1. The number of carbonyl (C=O) groups excluding carboxylic acids is 1. The molecule has 3 heteroatoms. The van der Waals surface area contributed by atoms with Gasteiger partial charge in [-0.3, -0.25) is 4.79 Å². The SMILES string of the molecule is CCC(NC(=O)c1cc(C)c(C)cc1C)c1ccc(OC)c(C)c1. The van der Waals surface area contributed by atoms with Gasteiger partial charge in [0.1, 0.15) is 5.75 Å². The Kier molecular flexibility index (Phi) is 5.66. The standard InChI is InChI=1S/C21H27NO2/c1-7-19(17-8-9-20(24-6)16(5)11-17)22-21(23)18-12-14(3)13(2)10-15(18)4/h8-12,19H,7H2,1-6H3,(H,22,23). The normalized spacial score (nSPS) is 11.9. The third kappa shape index (κ3) is 3.78. The largest absolute Gasteiger partial charge is 0.496 e. The van der Waals surface area contributed by atoms with Gasteiger partial charge in [-0.1, -0.05) is 25.1 Å². The number of aryl methyl sites for hydroxylation is 4. The summed E-state index contributed by atoms with van der Waals surface area (Å²) in [6.45, 7) is 10.2. The molecule has 2 rings (SSSR count). The van der Waals surface area contributed by atoms with Crippen LogP contribution in [0.1, 0.15) is 57.6 Å². The van der Waals surface area contributed by atoms with E-state index in [-0.39, 0.29) is 11.9 Å². The molecular formula is C21H27NO2. The maximum atomic E-state index is 12.7. The lowest BCUT2D eigenvalue weighted by molar-refractivity contribution is 0.0935. The minimum absolute atomic E-state index is 0.0110. The van der Waals surface area contributed by atoms with Gasteiger partial charge in [0.25, 0.3) is 5.91 Å². The van der Waals surface area contributed by atoms with Crippen molar-refractivity contribution in [2.45, 2.75) is 47.1 Å². The van der Waals surface area contributed by atoms with E-state index < -0.39 is 0 Å². The van der Waals surface area contributed by atoms with Crippen LogP contribution in [0.25, 0.3) is 0 Å². The summed E-state index contributed by atoms with van der Waals surface area (Å²) in [4.78, 5) is 12.7. The highest BCUT2D eigenvalue weighted by Gasteiger charge is 2.17. The molecule has 0 fully saturated rings. The Morgan fingerprint density at radius 3 is 2.25 bits per heavy atom. The number of nitrogens with one attached hydrogen (secondary N) is 1. The van der Waals surface area contributed by atoms with Crippen LogP contribution < -0.4 is 10.1 Å². The van der Waals surface area contributed by atoms with Gasteiger partial charge in [0.2, 0.25) is 0 Å². The Hall–Kier alpha value is -2.29. The molecule has 1 N–H and O–H groups in total. The molecule has 24 heavy (non-hydrogen) atoms. The smallest absolute Gasteiger partial charge is 0.252 e. The van der Waals surface area contributed by atoms with E-state index in [2.05, 4.69) is 31.3 Å². The molecule has 0 saturated carbocycles. The molecule has 0 saturated heterocycles. The molecule has 128 valence electrons. The van der Waals surface area contributed by atoms with E-state index in [1.54, 1.807) is 7.11 Å². The number of rotatable bonds is 5. The Labute approximate surface area is 145 Å². The van der Waals surface area contributed by atoms with Crippen molar-refractivity contribution in [2.24, 2.45) is 0 Å². The van der Waals surface area contributed by atoms with Crippen molar-refractivity contribution in [1.82, 2.24) is 5.32 Å². The molecule has 1 atom stereocenters. The van der Waals surface area contributed by atoms with Crippen molar-refractivity contribution >= 4 is 5.91 Å². The summed E-state index contributed by atoms with van der Waals surface area (Å²) in [7, 11) is 1.67. The van der Waals surface area contributed by atoms with Gasteiger partial charge in [0, 0.05) is 5.56 Å². The first-order chi connectivity index (χ1) is 11.4. The van der Waals surface area contributed by atoms with Gasteiger partial charge in [-0.05, 0) is 74.1 Å². The number of carbonyl (C=O) groups is 1. The highest BCUT2D eigenvalue weighted by atomic mass is 16.5. The Balaban J connectivity index is 2.25. The average molecular weight is 325 g/mol. The van der Waals surface area contributed by atoms with Crippen molar-refractivity contribution in [1.29, 1.82) is 0 Å². The molecule has 0 aliphatic heterocycles. The summed E-state index contributed by atoms with van der Waals surface area (Å²) < 4.78 is 5.32. The lowest BCUT2D eigenvalue weighted by Crippen LogP contribution is -2.29. The number of hydrogen-bond acceptors (Lipinski definition) is 2. The van der Waals surface area contributed by atoms with Crippen LogP contribution >= 0.6 is 0 Å². The summed E-state index contributed by atoms with van der Waals surface area (Å²) in [5.74, 6) is 0.848. The monoisotopic (exact) mass is 325 g/mol. The second-order valence-electron chi connectivity index (χ2n) is 6.41. The summed E-state index contributed by atoms with van der Waals surface area (Å²) in [6.07, 6.45) is 0.835. The van der Waals surface area contributed by atoms with E-state index in [0.717, 1.165) is 40.0 Å². The Morgan fingerprint density at radius 2 is 1.67 bits per heavy atom. The van der Waals surface area contributed by atoms with E-state index in [9.17, 15) is 4.79 Å². The first-order valence-corrected chi connectivity index (χ1v) is 8.40. The predicted molar refractivity (Wildman–Crippen MR) is 98.9 cm³/mol. The van der Waals surface area contributed by atoms with Gasteiger partial charge in [-0.25, -0.2) is 0 Å². The summed E-state index contributed by atoms with van der Waals surface area (Å²) >= 11 is 0. The molecule has 0 heterocycles. The molecule has 1 unspecified atom stereocenters. The van der Waals surface area contributed by atoms with Crippen molar-refractivity contribution in [3.05, 3.63) is 63.7 Å². The average Bonchev–Trinajstić information content (AvgIpc) is 2.55. The zero-order chi connectivity index (χ0) is 17.9.